The van der Waals surface area contributed by atoms with Crippen LogP contribution in [-0.4, -0.2) is 0 Å². The summed E-state index contributed by atoms with van der Waals surface area (Å²) in [5.41, 5.74) is 8.49. The van der Waals surface area contributed by atoms with Crippen LogP contribution in [-0.2, 0) is 0 Å². The van der Waals surface area contributed by atoms with Gasteiger partial charge in [-0.1, -0.05) is 84.9 Å². The van der Waals surface area contributed by atoms with Crippen molar-refractivity contribution in [3.8, 4) is 39.4 Å². The van der Waals surface area contributed by atoms with Crippen LogP contribution in [0.2, 0.25) is 0 Å². The van der Waals surface area contributed by atoms with E-state index < -0.39 is 0 Å². The Labute approximate surface area is 235 Å². The van der Waals surface area contributed by atoms with E-state index in [9.17, 15) is 5.26 Å². The molecule has 0 spiro atoms. The SMILES string of the molecule is N#Cc1c(-c2ccccc2)cc(-c2ccc3c(c2)sc2ccccc23)cc1-c1ccc2oc3ccccc3c2c1. The van der Waals surface area contributed by atoms with E-state index in [1.54, 1.807) is 0 Å². The van der Waals surface area contributed by atoms with Crippen LogP contribution in [0.15, 0.2) is 132 Å². The van der Waals surface area contributed by atoms with Crippen LogP contribution in [0.4, 0.5) is 0 Å². The highest BCUT2D eigenvalue weighted by Gasteiger charge is 2.17. The maximum atomic E-state index is 10.5. The van der Waals surface area contributed by atoms with Crippen molar-refractivity contribution >= 4 is 53.4 Å². The molecule has 0 radical (unpaired) electrons. The summed E-state index contributed by atoms with van der Waals surface area (Å²) in [6.45, 7) is 0. The molecular formula is C37H21NOS. The maximum absolute atomic E-state index is 10.5. The number of rotatable bonds is 3. The van der Waals surface area contributed by atoms with Crippen molar-refractivity contribution in [1.29, 1.82) is 5.26 Å². The van der Waals surface area contributed by atoms with Gasteiger partial charge < -0.3 is 4.42 Å². The van der Waals surface area contributed by atoms with Crippen molar-refractivity contribution in [2.75, 3.05) is 0 Å². The molecule has 0 aliphatic rings. The van der Waals surface area contributed by atoms with Crippen LogP contribution >= 0.6 is 11.3 Å². The first kappa shape index (κ1) is 22.8. The Morgan fingerprint density at radius 1 is 0.475 bits per heavy atom. The third-order valence-electron chi connectivity index (χ3n) is 7.73. The molecule has 3 heteroatoms. The Balaban J connectivity index is 1.39. The fourth-order valence-electron chi connectivity index (χ4n) is 5.80. The van der Waals surface area contributed by atoms with E-state index in [1.165, 1.54) is 20.2 Å². The molecule has 0 amide bonds. The zero-order valence-electron chi connectivity index (χ0n) is 21.4. The molecule has 0 aliphatic carbocycles. The lowest BCUT2D eigenvalue weighted by molar-refractivity contribution is 0.669. The number of nitrogens with zero attached hydrogens (tertiary/aromatic N) is 1. The van der Waals surface area contributed by atoms with Gasteiger partial charge in [-0.3, -0.25) is 0 Å². The van der Waals surface area contributed by atoms with Gasteiger partial charge in [0.1, 0.15) is 17.2 Å². The molecule has 0 unspecified atom stereocenters. The highest BCUT2D eigenvalue weighted by Crippen LogP contribution is 2.41. The van der Waals surface area contributed by atoms with Crippen LogP contribution in [0.5, 0.6) is 0 Å². The molecule has 0 saturated heterocycles. The zero-order valence-corrected chi connectivity index (χ0v) is 22.2. The summed E-state index contributed by atoms with van der Waals surface area (Å²) in [5, 5.41) is 15.2. The first-order valence-corrected chi connectivity index (χ1v) is 14.1. The van der Waals surface area contributed by atoms with Crippen molar-refractivity contribution in [3.63, 3.8) is 0 Å². The largest absolute Gasteiger partial charge is 0.456 e. The second-order valence-corrected chi connectivity index (χ2v) is 11.1. The van der Waals surface area contributed by atoms with Crippen LogP contribution in [0.3, 0.4) is 0 Å². The number of hydrogen-bond donors (Lipinski definition) is 0. The van der Waals surface area contributed by atoms with Gasteiger partial charge in [-0.2, -0.15) is 5.26 Å². The second-order valence-electron chi connectivity index (χ2n) is 10.0. The number of thiophene rings is 1. The van der Waals surface area contributed by atoms with E-state index in [-0.39, 0.29) is 0 Å². The lowest BCUT2D eigenvalue weighted by atomic mass is 9.88. The molecule has 0 bridgehead atoms. The number of benzene rings is 6. The van der Waals surface area contributed by atoms with Gasteiger partial charge in [-0.05, 0) is 64.7 Å². The average molecular weight is 528 g/mol. The Morgan fingerprint density at radius 2 is 1.15 bits per heavy atom. The smallest absolute Gasteiger partial charge is 0.135 e. The summed E-state index contributed by atoms with van der Waals surface area (Å²) in [5.74, 6) is 0. The minimum atomic E-state index is 0.671. The molecule has 0 atom stereocenters. The summed E-state index contributed by atoms with van der Waals surface area (Å²) in [7, 11) is 0. The molecule has 40 heavy (non-hydrogen) atoms. The molecule has 0 fully saturated rings. The van der Waals surface area contributed by atoms with E-state index in [0.29, 0.717) is 5.56 Å². The topological polar surface area (TPSA) is 36.9 Å². The number of nitriles is 1. The predicted molar refractivity (Wildman–Crippen MR) is 168 cm³/mol. The summed E-state index contributed by atoms with van der Waals surface area (Å²) in [4.78, 5) is 0. The molecule has 0 saturated carbocycles. The Hall–Kier alpha value is -5.17. The van der Waals surface area contributed by atoms with Gasteiger partial charge in [0.05, 0.1) is 5.56 Å². The van der Waals surface area contributed by atoms with Crippen LogP contribution in [0, 0.1) is 11.3 Å². The van der Waals surface area contributed by atoms with Gasteiger partial charge in [0.25, 0.3) is 0 Å². The molecule has 8 aromatic rings. The summed E-state index contributed by atoms with van der Waals surface area (Å²) >= 11 is 1.82. The molecule has 2 heterocycles. The number of hydrogen-bond acceptors (Lipinski definition) is 3. The lowest BCUT2D eigenvalue weighted by Gasteiger charge is -2.14. The van der Waals surface area contributed by atoms with Crippen molar-refractivity contribution in [2.24, 2.45) is 0 Å². The van der Waals surface area contributed by atoms with Gasteiger partial charge in [0.2, 0.25) is 0 Å². The molecule has 2 nitrogen and oxygen atoms in total. The van der Waals surface area contributed by atoms with Crippen LogP contribution in [0.1, 0.15) is 5.56 Å². The fraction of sp³-hybridized carbons (Fsp3) is 0. The van der Waals surface area contributed by atoms with Crippen molar-refractivity contribution in [3.05, 3.63) is 133 Å². The third kappa shape index (κ3) is 3.55. The fourth-order valence-corrected chi connectivity index (χ4v) is 6.95. The summed E-state index contributed by atoms with van der Waals surface area (Å²) < 4.78 is 8.64. The highest BCUT2D eigenvalue weighted by atomic mass is 32.1. The maximum Gasteiger partial charge on any atom is 0.135 e. The summed E-state index contributed by atoms with van der Waals surface area (Å²) in [6.07, 6.45) is 0. The third-order valence-corrected chi connectivity index (χ3v) is 8.87. The molecule has 0 N–H and O–H groups in total. The monoisotopic (exact) mass is 527 g/mol. The van der Waals surface area contributed by atoms with Gasteiger partial charge in [0.15, 0.2) is 0 Å². The van der Waals surface area contributed by atoms with E-state index in [4.69, 9.17) is 4.42 Å². The minimum Gasteiger partial charge on any atom is -0.456 e. The number of furan rings is 1. The molecular weight excluding hydrogens is 506 g/mol. The molecule has 8 rings (SSSR count). The van der Waals surface area contributed by atoms with E-state index in [2.05, 4.69) is 91.0 Å². The first-order valence-electron chi connectivity index (χ1n) is 13.2. The van der Waals surface area contributed by atoms with Crippen LogP contribution in [0.25, 0.3) is 75.5 Å². The normalized spacial score (nSPS) is 11.5. The van der Waals surface area contributed by atoms with Gasteiger partial charge in [0, 0.05) is 42.1 Å². The van der Waals surface area contributed by atoms with E-state index in [1.807, 2.05) is 53.8 Å². The van der Waals surface area contributed by atoms with E-state index in [0.717, 1.165) is 55.3 Å². The molecule has 186 valence electrons. The Morgan fingerprint density at radius 3 is 2.00 bits per heavy atom. The second kappa shape index (κ2) is 8.95. The van der Waals surface area contributed by atoms with Crippen molar-refractivity contribution in [1.82, 2.24) is 0 Å². The predicted octanol–water partition coefficient (Wildman–Crippen LogP) is 10.8. The molecule has 2 aromatic heterocycles. The quantitative estimate of drug-likeness (QED) is 0.229. The van der Waals surface area contributed by atoms with Crippen LogP contribution < -0.4 is 0 Å². The van der Waals surface area contributed by atoms with Gasteiger partial charge in [-0.15, -0.1) is 11.3 Å². The van der Waals surface area contributed by atoms with Crippen molar-refractivity contribution in [2.45, 2.75) is 0 Å². The number of para-hydroxylation sites is 1. The summed E-state index contributed by atoms with van der Waals surface area (Å²) in [6, 6.07) is 46.7. The Kier molecular flexibility index (Phi) is 5.10. The molecule has 6 aromatic carbocycles. The minimum absolute atomic E-state index is 0.671. The number of fused-ring (bicyclic) bond motifs is 6. The molecule has 0 aliphatic heterocycles. The van der Waals surface area contributed by atoms with Crippen molar-refractivity contribution < 1.29 is 4.42 Å². The average Bonchev–Trinajstić information content (AvgIpc) is 3.58. The zero-order chi connectivity index (χ0) is 26.6. The standard InChI is InChI=1S/C37H21NOS/c38-22-33-30(23-8-2-1-3-9-23)19-26(24-14-16-29-28-11-5-7-13-36(28)40-37(29)21-24)20-31(33)25-15-17-35-32(18-25)27-10-4-6-12-34(27)39-35/h1-21H. The van der Waals surface area contributed by atoms with E-state index >= 15 is 0 Å². The first-order chi connectivity index (χ1) is 19.8. The van der Waals surface area contributed by atoms with Gasteiger partial charge in [-0.25, -0.2) is 0 Å². The Bertz CT molecular complexity index is 2280. The van der Waals surface area contributed by atoms with Gasteiger partial charge >= 0.3 is 0 Å². The highest BCUT2D eigenvalue weighted by molar-refractivity contribution is 7.25. The lowest BCUT2D eigenvalue weighted by Crippen LogP contribution is -1.93.